The molecule has 1 N–H and O–H groups in total. The molecule has 1 amide bonds. The number of hydrogen-bond donors (Lipinski definition) is 1. The molecule has 0 atom stereocenters. The molecule has 0 aliphatic rings. The second kappa shape index (κ2) is 6.06. The molecular formula is C15H17N3O2. The van der Waals surface area contributed by atoms with Crippen LogP contribution in [0.25, 0.3) is 6.08 Å². The highest BCUT2D eigenvalue weighted by Gasteiger charge is 2.03. The number of methoxy groups -OCH3 is 1. The summed E-state index contributed by atoms with van der Waals surface area (Å²) in [6.45, 7) is 1.88. The van der Waals surface area contributed by atoms with Gasteiger partial charge in [-0.3, -0.25) is 9.48 Å². The molecule has 0 radical (unpaired) electrons. The standard InChI is InChI=1S/C15H17N3O2/c1-11-10-14(18(2)17-11)16-15(19)9-6-12-4-7-13(20-3)8-5-12/h4-10H,1-3H3,(H,16,19). The van der Waals surface area contributed by atoms with Crippen molar-refractivity contribution in [2.75, 3.05) is 12.4 Å². The summed E-state index contributed by atoms with van der Waals surface area (Å²) in [4.78, 5) is 11.8. The Balaban J connectivity index is 1.99. The Morgan fingerprint density at radius 2 is 2.05 bits per heavy atom. The van der Waals surface area contributed by atoms with E-state index in [2.05, 4.69) is 10.4 Å². The minimum absolute atomic E-state index is 0.191. The van der Waals surface area contributed by atoms with Crippen molar-refractivity contribution in [3.05, 3.63) is 47.7 Å². The number of carbonyl (C=O) groups is 1. The Bertz CT molecular complexity index is 627. The van der Waals surface area contributed by atoms with Crippen LogP contribution in [0.1, 0.15) is 11.3 Å². The number of aryl methyl sites for hydroxylation is 2. The normalized spacial score (nSPS) is 10.8. The zero-order chi connectivity index (χ0) is 14.5. The molecule has 1 aromatic carbocycles. The van der Waals surface area contributed by atoms with Crippen molar-refractivity contribution < 1.29 is 9.53 Å². The van der Waals surface area contributed by atoms with Gasteiger partial charge in [0.15, 0.2) is 0 Å². The number of aromatic nitrogens is 2. The van der Waals surface area contributed by atoms with Crippen LogP contribution in [0.15, 0.2) is 36.4 Å². The summed E-state index contributed by atoms with van der Waals surface area (Å²) in [6.07, 6.45) is 3.24. The van der Waals surface area contributed by atoms with Crippen molar-refractivity contribution in [2.45, 2.75) is 6.92 Å². The van der Waals surface area contributed by atoms with Crippen LogP contribution in [-0.2, 0) is 11.8 Å². The maximum atomic E-state index is 11.8. The lowest BCUT2D eigenvalue weighted by atomic mass is 10.2. The van der Waals surface area contributed by atoms with Crippen LogP contribution in [0.4, 0.5) is 5.82 Å². The third-order valence-electron chi connectivity index (χ3n) is 2.80. The van der Waals surface area contributed by atoms with E-state index in [1.165, 1.54) is 6.08 Å². The second-order valence-electron chi connectivity index (χ2n) is 4.39. The van der Waals surface area contributed by atoms with Gasteiger partial charge in [0.05, 0.1) is 12.8 Å². The van der Waals surface area contributed by atoms with Crippen LogP contribution >= 0.6 is 0 Å². The predicted octanol–water partition coefficient (Wildman–Crippen LogP) is 2.39. The topological polar surface area (TPSA) is 56.1 Å². The Morgan fingerprint density at radius 1 is 1.35 bits per heavy atom. The Morgan fingerprint density at radius 3 is 2.60 bits per heavy atom. The molecule has 0 fully saturated rings. The maximum absolute atomic E-state index is 11.8. The highest BCUT2D eigenvalue weighted by Crippen LogP contribution is 2.12. The van der Waals surface area contributed by atoms with E-state index < -0.39 is 0 Å². The number of nitrogens with one attached hydrogen (secondary N) is 1. The van der Waals surface area contributed by atoms with Crippen LogP contribution in [0.2, 0.25) is 0 Å². The van der Waals surface area contributed by atoms with Crippen molar-refractivity contribution >= 4 is 17.8 Å². The highest BCUT2D eigenvalue weighted by molar-refractivity contribution is 6.01. The van der Waals surface area contributed by atoms with E-state index in [4.69, 9.17) is 4.74 Å². The summed E-state index contributed by atoms with van der Waals surface area (Å²) in [5, 5.41) is 6.94. The van der Waals surface area contributed by atoms with Gasteiger partial charge in [0.25, 0.3) is 0 Å². The van der Waals surface area contributed by atoms with Crippen LogP contribution in [0.3, 0.4) is 0 Å². The van der Waals surface area contributed by atoms with E-state index in [0.29, 0.717) is 5.82 Å². The van der Waals surface area contributed by atoms with Crippen LogP contribution in [0, 0.1) is 6.92 Å². The summed E-state index contributed by atoms with van der Waals surface area (Å²) < 4.78 is 6.71. The molecule has 0 saturated heterocycles. The SMILES string of the molecule is COc1ccc(C=CC(=O)Nc2cc(C)nn2C)cc1. The van der Waals surface area contributed by atoms with Crippen LogP contribution < -0.4 is 10.1 Å². The number of anilines is 1. The van der Waals surface area contributed by atoms with Gasteiger partial charge in [-0.05, 0) is 30.7 Å². The molecule has 2 aromatic rings. The fourth-order valence-corrected chi connectivity index (χ4v) is 1.78. The molecule has 5 heteroatoms. The molecule has 0 bridgehead atoms. The summed E-state index contributed by atoms with van der Waals surface area (Å²) >= 11 is 0. The van der Waals surface area contributed by atoms with Gasteiger partial charge in [-0.2, -0.15) is 5.10 Å². The number of rotatable bonds is 4. The van der Waals surface area contributed by atoms with E-state index in [9.17, 15) is 4.79 Å². The second-order valence-corrected chi connectivity index (χ2v) is 4.39. The minimum Gasteiger partial charge on any atom is -0.497 e. The molecule has 0 spiro atoms. The van der Waals surface area contributed by atoms with Crippen LogP contribution in [0.5, 0.6) is 5.75 Å². The maximum Gasteiger partial charge on any atom is 0.249 e. The third-order valence-corrected chi connectivity index (χ3v) is 2.80. The molecule has 0 unspecified atom stereocenters. The summed E-state index contributed by atoms with van der Waals surface area (Å²) in [6, 6.07) is 9.29. The van der Waals surface area contributed by atoms with E-state index in [0.717, 1.165) is 17.0 Å². The number of amides is 1. The van der Waals surface area contributed by atoms with Crippen LogP contribution in [-0.4, -0.2) is 22.8 Å². The molecule has 0 aliphatic heterocycles. The number of hydrogen-bond acceptors (Lipinski definition) is 3. The molecule has 2 rings (SSSR count). The van der Waals surface area contributed by atoms with Gasteiger partial charge in [0.1, 0.15) is 11.6 Å². The Labute approximate surface area is 117 Å². The smallest absolute Gasteiger partial charge is 0.249 e. The lowest BCUT2D eigenvalue weighted by Gasteiger charge is -2.01. The van der Waals surface area contributed by atoms with Gasteiger partial charge in [-0.15, -0.1) is 0 Å². The summed E-state index contributed by atoms with van der Waals surface area (Å²) in [5.41, 5.74) is 1.80. The Hall–Kier alpha value is -2.56. The monoisotopic (exact) mass is 271 g/mol. The first kappa shape index (κ1) is 13.9. The lowest BCUT2D eigenvalue weighted by Crippen LogP contribution is -2.11. The largest absolute Gasteiger partial charge is 0.497 e. The fourth-order valence-electron chi connectivity index (χ4n) is 1.78. The molecule has 5 nitrogen and oxygen atoms in total. The number of benzene rings is 1. The van der Waals surface area contributed by atoms with Crippen molar-refractivity contribution in [1.29, 1.82) is 0 Å². The lowest BCUT2D eigenvalue weighted by molar-refractivity contribution is -0.111. The number of ether oxygens (including phenoxy) is 1. The quantitative estimate of drug-likeness (QED) is 0.869. The first-order valence-electron chi connectivity index (χ1n) is 6.22. The van der Waals surface area contributed by atoms with Gasteiger partial charge >= 0.3 is 0 Å². The molecule has 1 aromatic heterocycles. The summed E-state index contributed by atoms with van der Waals surface area (Å²) in [5.74, 6) is 1.27. The van der Waals surface area contributed by atoms with Gasteiger partial charge in [-0.25, -0.2) is 0 Å². The molecule has 104 valence electrons. The molecule has 0 saturated carbocycles. The van der Waals surface area contributed by atoms with E-state index in [1.807, 2.05) is 37.3 Å². The van der Waals surface area contributed by atoms with Crippen molar-refractivity contribution in [3.8, 4) is 5.75 Å². The van der Waals surface area contributed by atoms with Crippen molar-refractivity contribution in [2.24, 2.45) is 7.05 Å². The molecule has 20 heavy (non-hydrogen) atoms. The Kier molecular flexibility index (Phi) is 4.20. The van der Waals surface area contributed by atoms with Crippen molar-refractivity contribution in [3.63, 3.8) is 0 Å². The first-order chi connectivity index (χ1) is 9.58. The average Bonchev–Trinajstić information content (AvgIpc) is 2.75. The zero-order valence-electron chi connectivity index (χ0n) is 11.8. The van der Waals surface area contributed by atoms with E-state index in [-0.39, 0.29) is 5.91 Å². The van der Waals surface area contributed by atoms with Gasteiger partial charge in [0, 0.05) is 19.2 Å². The summed E-state index contributed by atoms with van der Waals surface area (Å²) in [7, 11) is 3.41. The highest BCUT2D eigenvalue weighted by atomic mass is 16.5. The zero-order valence-corrected chi connectivity index (χ0v) is 11.8. The fraction of sp³-hybridized carbons (Fsp3) is 0.200. The number of nitrogens with zero attached hydrogens (tertiary/aromatic N) is 2. The molecule has 0 aliphatic carbocycles. The molecular weight excluding hydrogens is 254 g/mol. The average molecular weight is 271 g/mol. The van der Waals surface area contributed by atoms with Gasteiger partial charge in [-0.1, -0.05) is 12.1 Å². The first-order valence-corrected chi connectivity index (χ1v) is 6.22. The molecule has 1 heterocycles. The minimum atomic E-state index is -0.191. The van der Waals surface area contributed by atoms with E-state index in [1.54, 1.807) is 24.9 Å². The van der Waals surface area contributed by atoms with Crippen molar-refractivity contribution in [1.82, 2.24) is 9.78 Å². The van der Waals surface area contributed by atoms with Gasteiger partial charge < -0.3 is 10.1 Å². The van der Waals surface area contributed by atoms with E-state index >= 15 is 0 Å². The van der Waals surface area contributed by atoms with Gasteiger partial charge in [0.2, 0.25) is 5.91 Å². The third kappa shape index (κ3) is 3.47. The number of carbonyl (C=O) groups excluding carboxylic acids is 1. The predicted molar refractivity (Wildman–Crippen MR) is 78.6 cm³/mol.